The number of rotatable bonds is 19. The number of thioether (sulfide) groups is 1. The van der Waals surface area contributed by atoms with Crippen molar-refractivity contribution in [3.8, 4) is 5.75 Å². The molecule has 3 aromatic carbocycles. The van der Waals surface area contributed by atoms with Crippen molar-refractivity contribution in [1.29, 1.82) is 0 Å². The minimum absolute atomic E-state index is 0.0918. The molecule has 2 fully saturated rings. The van der Waals surface area contributed by atoms with Gasteiger partial charge in [0.1, 0.15) is 18.5 Å². The van der Waals surface area contributed by atoms with Gasteiger partial charge in [-0.3, -0.25) is 0 Å². The molecule has 1 unspecified atom stereocenters. The highest BCUT2D eigenvalue weighted by Gasteiger charge is 2.42. The standard InChI is InChI=1S/C40H54N2O8S2/c1-28-6-13-34(14-7-28)52(43,44)40(32-12-15-36-35(20-32)42(17-19-47-36)16-5-18-45-3)50-38-22-41-21-37(49-26-33-25-48-33)39(38)31-10-8-30(9-11-31)24-46-23-29(2)27-51-4/h6-15,20,29,33,37-41H,5,16-19,21-27H2,1-4H3/t29-,33-,37-,38+,39-,40?/m1/s1. The second kappa shape index (κ2) is 18.6. The highest BCUT2D eigenvalue weighted by molar-refractivity contribution is 7.98. The van der Waals surface area contributed by atoms with Crippen molar-refractivity contribution in [3.05, 3.63) is 89.0 Å². The fraction of sp³-hybridized carbons (Fsp3) is 0.550. The van der Waals surface area contributed by atoms with Crippen LogP contribution in [0.2, 0.25) is 0 Å². The maximum atomic E-state index is 14.7. The Kier molecular flexibility index (Phi) is 13.9. The van der Waals surface area contributed by atoms with E-state index in [0.29, 0.717) is 70.8 Å². The molecule has 0 radical (unpaired) electrons. The molecule has 3 heterocycles. The number of benzene rings is 3. The van der Waals surface area contributed by atoms with Gasteiger partial charge >= 0.3 is 0 Å². The maximum absolute atomic E-state index is 14.7. The fourth-order valence-electron chi connectivity index (χ4n) is 6.94. The molecule has 3 aromatic rings. The van der Waals surface area contributed by atoms with E-state index in [9.17, 15) is 8.42 Å². The Morgan fingerprint density at radius 2 is 1.81 bits per heavy atom. The van der Waals surface area contributed by atoms with E-state index >= 15 is 0 Å². The number of sulfone groups is 1. The van der Waals surface area contributed by atoms with Crippen LogP contribution in [0.3, 0.4) is 0 Å². The van der Waals surface area contributed by atoms with Crippen molar-refractivity contribution in [2.75, 3.05) is 83.2 Å². The Hall–Kier alpha value is -2.68. The van der Waals surface area contributed by atoms with E-state index in [2.05, 4.69) is 47.7 Å². The molecule has 3 aliphatic rings. The van der Waals surface area contributed by atoms with Gasteiger partial charge in [-0.15, -0.1) is 0 Å². The average Bonchev–Trinajstić information content (AvgIpc) is 3.98. The highest BCUT2D eigenvalue weighted by atomic mass is 32.2. The first-order valence-corrected chi connectivity index (χ1v) is 21.3. The number of hydrogen-bond donors (Lipinski definition) is 1. The van der Waals surface area contributed by atoms with Gasteiger partial charge < -0.3 is 38.6 Å². The summed E-state index contributed by atoms with van der Waals surface area (Å²) in [6.45, 7) is 10.3. The van der Waals surface area contributed by atoms with Crippen LogP contribution in [0.1, 0.15) is 47.0 Å². The third-order valence-electron chi connectivity index (χ3n) is 9.80. The molecular formula is C40H54N2O8S2. The first kappa shape index (κ1) is 39.0. The van der Waals surface area contributed by atoms with Crippen LogP contribution < -0.4 is 15.0 Å². The van der Waals surface area contributed by atoms with Gasteiger partial charge in [0.05, 0.1) is 55.8 Å². The predicted molar refractivity (Wildman–Crippen MR) is 205 cm³/mol. The van der Waals surface area contributed by atoms with E-state index in [0.717, 1.165) is 46.8 Å². The molecular weight excluding hydrogens is 701 g/mol. The average molecular weight is 755 g/mol. The van der Waals surface area contributed by atoms with Gasteiger partial charge in [0.15, 0.2) is 5.44 Å². The first-order chi connectivity index (χ1) is 25.3. The van der Waals surface area contributed by atoms with Gasteiger partial charge in [0, 0.05) is 39.3 Å². The molecule has 284 valence electrons. The van der Waals surface area contributed by atoms with Crippen LogP contribution in [-0.4, -0.2) is 105 Å². The number of aryl methyl sites for hydroxylation is 1. The largest absolute Gasteiger partial charge is 0.490 e. The van der Waals surface area contributed by atoms with Gasteiger partial charge in [0.25, 0.3) is 0 Å². The van der Waals surface area contributed by atoms with E-state index in [1.165, 1.54) is 0 Å². The number of methoxy groups -OCH3 is 1. The Morgan fingerprint density at radius 1 is 1.04 bits per heavy atom. The van der Waals surface area contributed by atoms with Crippen molar-refractivity contribution < 1.29 is 36.8 Å². The molecule has 52 heavy (non-hydrogen) atoms. The normalized spacial score (nSPS) is 22.7. The van der Waals surface area contributed by atoms with Crippen molar-refractivity contribution in [1.82, 2.24) is 5.32 Å². The van der Waals surface area contributed by atoms with Gasteiger partial charge in [0.2, 0.25) is 9.84 Å². The molecule has 3 aliphatic heterocycles. The summed E-state index contributed by atoms with van der Waals surface area (Å²) in [5.41, 5.74) is 3.23. The van der Waals surface area contributed by atoms with E-state index in [1.807, 2.05) is 49.0 Å². The summed E-state index contributed by atoms with van der Waals surface area (Å²) in [5, 5.41) is 3.48. The lowest BCUT2D eigenvalue weighted by molar-refractivity contribution is -0.0664. The van der Waals surface area contributed by atoms with E-state index in [1.54, 1.807) is 19.2 Å². The van der Waals surface area contributed by atoms with Crippen LogP contribution in [-0.2, 0) is 40.1 Å². The zero-order chi connectivity index (χ0) is 36.5. The first-order valence-electron chi connectivity index (χ1n) is 18.3. The third kappa shape index (κ3) is 10.1. The Labute approximate surface area is 313 Å². The van der Waals surface area contributed by atoms with E-state index in [4.69, 9.17) is 28.4 Å². The van der Waals surface area contributed by atoms with Gasteiger partial charge in [-0.25, -0.2) is 8.42 Å². The number of nitrogens with one attached hydrogen (secondary N) is 1. The highest BCUT2D eigenvalue weighted by Crippen LogP contribution is 2.41. The molecule has 0 amide bonds. The van der Waals surface area contributed by atoms with Gasteiger partial charge in [-0.05, 0) is 72.2 Å². The molecule has 6 rings (SSSR count). The number of nitrogens with zero attached hydrogens (tertiary/aromatic N) is 1. The molecule has 0 spiro atoms. The molecule has 12 heteroatoms. The monoisotopic (exact) mass is 754 g/mol. The van der Waals surface area contributed by atoms with Crippen LogP contribution in [0.25, 0.3) is 0 Å². The van der Waals surface area contributed by atoms with Crippen LogP contribution in [0, 0.1) is 12.8 Å². The molecule has 0 aliphatic carbocycles. The molecule has 6 atom stereocenters. The minimum Gasteiger partial charge on any atom is -0.490 e. The predicted octanol–water partition coefficient (Wildman–Crippen LogP) is 5.77. The summed E-state index contributed by atoms with van der Waals surface area (Å²) in [5.74, 6) is 2.05. The van der Waals surface area contributed by atoms with Crippen LogP contribution in [0.15, 0.2) is 71.6 Å². The topological polar surface area (TPSA) is 108 Å². The summed E-state index contributed by atoms with van der Waals surface area (Å²) >= 11 is 1.83. The van der Waals surface area contributed by atoms with Crippen molar-refractivity contribution in [2.24, 2.45) is 5.92 Å². The molecule has 10 nitrogen and oxygen atoms in total. The fourth-order valence-corrected chi connectivity index (χ4v) is 9.16. The number of epoxide rings is 1. The SMILES string of the molecule is COCCCN1CCOc2ccc(C(O[C@H]3CNC[C@@H](OC[C@H]4CO4)[C@H]3c3ccc(COC[C@@H](C)CSC)cc3)S(=O)(=O)c3ccc(C)cc3)cc21. The number of piperidine rings is 1. The van der Waals surface area contributed by atoms with Crippen molar-refractivity contribution in [2.45, 2.75) is 61.4 Å². The third-order valence-corrected chi connectivity index (χ3v) is 12.6. The molecule has 0 aromatic heterocycles. The number of ether oxygens (including phenoxy) is 6. The lowest BCUT2D eigenvalue weighted by Gasteiger charge is -2.40. The van der Waals surface area contributed by atoms with Gasteiger partial charge in [-0.1, -0.05) is 55.0 Å². The van der Waals surface area contributed by atoms with E-state index < -0.39 is 21.4 Å². The summed E-state index contributed by atoms with van der Waals surface area (Å²) in [6, 6.07) is 21.0. The minimum atomic E-state index is -4.01. The summed E-state index contributed by atoms with van der Waals surface area (Å²) in [7, 11) is -2.31. The van der Waals surface area contributed by atoms with E-state index in [-0.39, 0.29) is 23.0 Å². The molecule has 0 saturated carbocycles. The zero-order valence-corrected chi connectivity index (χ0v) is 32.5. The quantitative estimate of drug-likeness (QED) is 0.119. The van der Waals surface area contributed by atoms with Gasteiger partial charge in [-0.2, -0.15) is 11.8 Å². The molecule has 0 bridgehead atoms. The summed E-state index contributed by atoms with van der Waals surface area (Å²) in [6.07, 6.45) is 2.27. The Balaban J connectivity index is 1.32. The smallest absolute Gasteiger partial charge is 0.209 e. The van der Waals surface area contributed by atoms with Crippen molar-refractivity contribution >= 4 is 27.3 Å². The lowest BCUT2D eigenvalue weighted by atomic mass is 9.85. The number of fused-ring (bicyclic) bond motifs is 1. The zero-order valence-electron chi connectivity index (χ0n) is 30.8. The van der Waals surface area contributed by atoms with Crippen molar-refractivity contribution in [3.63, 3.8) is 0 Å². The number of hydrogen-bond acceptors (Lipinski definition) is 11. The summed E-state index contributed by atoms with van der Waals surface area (Å²) < 4.78 is 65.6. The second-order valence-corrected chi connectivity index (χ2v) is 17.0. The maximum Gasteiger partial charge on any atom is 0.209 e. The Bertz CT molecular complexity index is 1670. The Morgan fingerprint density at radius 3 is 2.54 bits per heavy atom. The molecule has 2 saturated heterocycles. The molecule has 1 N–H and O–H groups in total. The second-order valence-electron chi connectivity index (χ2n) is 14.1. The summed E-state index contributed by atoms with van der Waals surface area (Å²) in [4.78, 5) is 2.45. The number of anilines is 1. The van der Waals surface area contributed by atoms with Crippen LogP contribution in [0.4, 0.5) is 5.69 Å². The lowest BCUT2D eigenvalue weighted by Crippen LogP contribution is -2.51. The van der Waals surface area contributed by atoms with Crippen LogP contribution >= 0.6 is 11.8 Å². The van der Waals surface area contributed by atoms with Crippen LogP contribution in [0.5, 0.6) is 5.75 Å².